The Hall–Kier alpha value is -2.21. The third kappa shape index (κ3) is 3.92. The topological polar surface area (TPSA) is 60.2 Å². The molecule has 0 radical (unpaired) electrons. The van der Waals surface area contributed by atoms with Crippen molar-refractivity contribution in [2.75, 3.05) is 26.3 Å². The minimum atomic E-state index is 0.106. The molecule has 2 aromatic rings. The number of rotatable bonds is 4. The number of aromatic nitrogens is 3. The van der Waals surface area contributed by atoms with Crippen molar-refractivity contribution < 1.29 is 9.53 Å². The molecule has 3 heterocycles. The third-order valence-electron chi connectivity index (χ3n) is 3.79. The van der Waals surface area contributed by atoms with Crippen LogP contribution in [0.25, 0.3) is 0 Å². The molecule has 0 N–H and O–H groups in total. The van der Waals surface area contributed by atoms with Crippen LogP contribution in [0.15, 0.2) is 43.1 Å². The largest absolute Gasteiger partial charge is 0.379 e. The van der Waals surface area contributed by atoms with E-state index in [2.05, 4.69) is 9.97 Å². The first-order chi connectivity index (χ1) is 10.8. The Labute approximate surface area is 129 Å². The molecule has 22 heavy (non-hydrogen) atoms. The van der Waals surface area contributed by atoms with Gasteiger partial charge in [0.15, 0.2) is 0 Å². The number of amides is 1. The molecule has 1 aliphatic heterocycles. The molecule has 0 bridgehead atoms. The van der Waals surface area contributed by atoms with Gasteiger partial charge in [0.2, 0.25) is 5.91 Å². The molecule has 0 spiro atoms. The number of nitrogens with zero attached hydrogens (tertiary/aromatic N) is 4. The van der Waals surface area contributed by atoms with Crippen LogP contribution in [0.2, 0.25) is 0 Å². The molecule has 0 saturated carbocycles. The van der Waals surface area contributed by atoms with Gasteiger partial charge in [-0.3, -0.25) is 9.78 Å². The highest BCUT2D eigenvalue weighted by Gasteiger charge is 2.23. The predicted octanol–water partition coefficient (Wildman–Crippen LogP) is 0.996. The van der Waals surface area contributed by atoms with Crippen molar-refractivity contribution in [3.63, 3.8) is 0 Å². The van der Waals surface area contributed by atoms with Gasteiger partial charge >= 0.3 is 0 Å². The average Bonchev–Trinajstić information content (AvgIpc) is 2.93. The lowest BCUT2D eigenvalue weighted by atomic mass is 10.0. The van der Waals surface area contributed by atoms with Crippen molar-refractivity contribution in [1.29, 1.82) is 0 Å². The van der Waals surface area contributed by atoms with E-state index in [4.69, 9.17) is 4.74 Å². The SMILES string of the molecule is O=C(Cn1ccnc1)N1CCOCC(Cc2ccccn2)C1. The Morgan fingerprint density at radius 3 is 3.09 bits per heavy atom. The minimum Gasteiger partial charge on any atom is -0.379 e. The van der Waals surface area contributed by atoms with Crippen molar-refractivity contribution in [1.82, 2.24) is 19.4 Å². The van der Waals surface area contributed by atoms with Crippen LogP contribution in [0, 0.1) is 5.92 Å². The van der Waals surface area contributed by atoms with Crippen molar-refractivity contribution >= 4 is 5.91 Å². The average molecular weight is 300 g/mol. The van der Waals surface area contributed by atoms with Crippen LogP contribution >= 0.6 is 0 Å². The zero-order chi connectivity index (χ0) is 15.2. The van der Waals surface area contributed by atoms with Gasteiger partial charge in [0.25, 0.3) is 0 Å². The zero-order valence-corrected chi connectivity index (χ0v) is 12.5. The van der Waals surface area contributed by atoms with E-state index in [9.17, 15) is 4.79 Å². The van der Waals surface area contributed by atoms with Crippen molar-refractivity contribution in [3.05, 3.63) is 48.8 Å². The smallest absolute Gasteiger partial charge is 0.242 e. The van der Waals surface area contributed by atoms with Gasteiger partial charge in [-0.25, -0.2) is 4.98 Å². The molecule has 3 rings (SSSR count). The van der Waals surface area contributed by atoms with Gasteiger partial charge < -0.3 is 14.2 Å². The lowest BCUT2D eigenvalue weighted by molar-refractivity contribution is -0.132. The zero-order valence-electron chi connectivity index (χ0n) is 12.5. The Kier molecular flexibility index (Phi) is 4.80. The summed E-state index contributed by atoms with van der Waals surface area (Å²) in [7, 11) is 0. The minimum absolute atomic E-state index is 0.106. The van der Waals surface area contributed by atoms with Gasteiger partial charge in [0.05, 0.1) is 19.5 Å². The number of imidazole rings is 1. The molecule has 1 aliphatic rings. The fraction of sp³-hybridized carbons (Fsp3) is 0.438. The first-order valence-electron chi connectivity index (χ1n) is 7.52. The van der Waals surface area contributed by atoms with Gasteiger partial charge in [-0.2, -0.15) is 0 Å². The van der Waals surface area contributed by atoms with Crippen molar-refractivity contribution in [2.45, 2.75) is 13.0 Å². The molecule has 2 aromatic heterocycles. The molecule has 0 aromatic carbocycles. The molecule has 1 unspecified atom stereocenters. The monoisotopic (exact) mass is 300 g/mol. The fourth-order valence-electron chi connectivity index (χ4n) is 2.68. The fourth-order valence-corrected chi connectivity index (χ4v) is 2.68. The highest BCUT2D eigenvalue weighted by Crippen LogP contribution is 2.13. The molecule has 116 valence electrons. The van der Waals surface area contributed by atoms with E-state index in [0.717, 1.165) is 12.1 Å². The molecule has 6 nitrogen and oxygen atoms in total. The Morgan fingerprint density at radius 1 is 1.36 bits per heavy atom. The van der Waals surface area contributed by atoms with E-state index in [0.29, 0.717) is 32.8 Å². The summed E-state index contributed by atoms with van der Waals surface area (Å²) in [6.45, 7) is 2.95. The van der Waals surface area contributed by atoms with Crippen molar-refractivity contribution in [2.24, 2.45) is 5.92 Å². The second-order valence-electron chi connectivity index (χ2n) is 5.54. The van der Waals surface area contributed by atoms with Gasteiger partial charge in [-0.1, -0.05) is 6.07 Å². The summed E-state index contributed by atoms with van der Waals surface area (Å²) in [4.78, 5) is 22.6. The van der Waals surface area contributed by atoms with Crippen LogP contribution in [0.5, 0.6) is 0 Å². The predicted molar refractivity (Wildman–Crippen MR) is 81.1 cm³/mol. The Bertz CT molecular complexity index is 585. The number of carbonyl (C=O) groups is 1. The summed E-state index contributed by atoms with van der Waals surface area (Å²) in [5.41, 5.74) is 1.04. The second-order valence-corrected chi connectivity index (χ2v) is 5.54. The summed E-state index contributed by atoms with van der Waals surface area (Å²) in [6.07, 6.45) is 7.78. The van der Waals surface area contributed by atoms with E-state index in [1.165, 1.54) is 0 Å². The van der Waals surface area contributed by atoms with Crippen LogP contribution in [-0.4, -0.2) is 51.6 Å². The normalized spacial score (nSPS) is 18.9. The van der Waals surface area contributed by atoms with Gasteiger partial charge in [-0.05, 0) is 18.6 Å². The first kappa shape index (κ1) is 14.7. The standard InChI is InChI=1S/C16H20N4O2/c21-16(11-19-6-5-17-13-19)20-7-8-22-12-14(10-20)9-15-3-1-2-4-18-15/h1-6,13-14H,7-12H2. The van der Waals surface area contributed by atoms with Crippen LogP contribution in [0.3, 0.4) is 0 Å². The second kappa shape index (κ2) is 7.17. The maximum Gasteiger partial charge on any atom is 0.242 e. The number of ether oxygens (including phenoxy) is 1. The van der Waals surface area contributed by atoms with E-state index >= 15 is 0 Å². The Balaban J connectivity index is 1.61. The number of pyridine rings is 1. The van der Waals surface area contributed by atoms with Crippen molar-refractivity contribution in [3.8, 4) is 0 Å². The van der Waals surface area contributed by atoms with Gasteiger partial charge in [0, 0.05) is 43.3 Å². The molecule has 1 atom stereocenters. The highest BCUT2D eigenvalue weighted by molar-refractivity contribution is 5.76. The molecule has 1 amide bonds. The van der Waals surface area contributed by atoms with Gasteiger partial charge in [-0.15, -0.1) is 0 Å². The van der Waals surface area contributed by atoms with Crippen LogP contribution in [-0.2, 0) is 22.5 Å². The molecular formula is C16H20N4O2. The summed E-state index contributed by atoms with van der Waals surface area (Å²) >= 11 is 0. The number of carbonyl (C=O) groups excluding carboxylic acids is 1. The van der Waals surface area contributed by atoms with E-state index in [1.54, 1.807) is 29.5 Å². The van der Waals surface area contributed by atoms with Crippen LogP contribution in [0.4, 0.5) is 0 Å². The number of hydrogen-bond donors (Lipinski definition) is 0. The summed E-state index contributed by atoms with van der Waals surface area (Å²) in [5.74, 6) is 0.388. The quantitative estimate of drug-likeness (QED) is 0.845. The lowest BCUT2D eigenvalue weighted by Gasteiger charge is -2.23. The van der Waals surface area contributed by atoms with Crippen LogP contribution in [0.1, 0.15) is 5.69 Å². The number of hydrogen-bond acceptors (Lipinski definition) is 4. The molecule has 6 heteroatoms. The molecular weight excluding hydrogens is 280 g/mol. The molecule has 0 aliphatic carbocycles. The molecule has 1 fully saturated rings. The van der Waals surface area contributed by atoms with Crippen LogP contribution < -0.4 is 0 Å². The van der Waals surface area contributed by atoms with E-state index in [-0.39, 0.29) is 11.8 Å². The summed E-state index contributed by atoms with van der Waals surface area (Å²) in [5, 5.41) is 0. The highest BCUT2D eigenvalue weighted by atomic mass is 16.5. The van der Waals surface area contributed by atoms with Gasteiger partial charge in [0.1, 0.15) is 6.54 Å². The summed E-state index contributed by atoms with van der Waals surface area (Å²) < 4.78 is 7.45. The molecule has 1 saturated heterocycles. The van der Waals surface area contributed by atoms with E-state index < -0.39 is 0 Å². The maximum absolute atomic E-state index is 12.4. The summed E-state index contributed by atoms with van der Waals surface area (Å²) in [6, 6.07) is 5.92. The lowest BCUT2D eigenvalue weighted by Crippen LogP contribution is -2.38. The van der Waals surface area contributed by atoms with E-state index in [1.807, 2.05) is 23.1 Å². The Morgan fingerprint density at radius 2 is 2.32 bits per heavy atom. The third-order valence-corrected chi connectivity index (χ3v) is 3.79. The first-order valence-corrected chi connectivity index (χ1v) is 7.52. The maximum atomic E-state index is 12.4.